The maximum Gasteiger partial charge on any atom is 0.440 e. The van der Waals surface area contributed by atoms with Gasteiger partial charge in [0.2, 0.25) is 0 Å². The van der Waals surface area contributed by atoms with Gasteiger partial charge >= 0.3 is 5.31 Å². The lowest BCUT2D eigenvalue weighted by atomic mass is 16.0. The Kier molecular flexibility index (Phi) is 42.3. The van der Waals surface area contributed by atoms with Crippen molar-refractivity contribution in [2.24, 2.45) is 0 Å². The average Bonchev–Trinajstić information content (AvgIpc) is 0.722. The second kappa shape index (κ2) is 11.9. The molecule has 9 heteroatoms. The van der Waals surface area contributed by atoms with Gasteiger partial charge in [0.1, 0.15) is 0 Å². The number of halogens is 4. The van der Waals surface area contributed by atoms with Crippen molar-refractivity contribution in [1.29, 1.82) is 0 Å². The van der Waals surface area contributed by atoms with Crippen LogP contribution < -0.4 is 0 Å². The molecule has 0 spiro atoms. The first-order valence-electron chi connectivity index (χ1n) is 0.756. The SMILES string of the molecule is Cl[Si](Cl)(Cl)Cl.O.O.O.O. The van der Waals surface area contributed by atoms with E-state index in [1.165, 1.54) is 0 Å². The van der Waals surface area contributed by atoms with Gasteiger partial charge in [-0.25, -0.2) is 0 Å². The molecule has 0 aliphatic rings. The van der Waals surface area contributed by atoms with Crippen LogP contribution in [0.15, 0.2) is 0 Å². The molecule has 0 unspecified atom stereocenters. The van der Waals surface area contributed by atoms with Crippen molar-refractivity contribution in [3.8, 4) is 0 Å². The molecule has 0 aromatic heterocycles. The topological polar surface area (TPSA) is 126 Å². The van der Waals surface area contributed by atoms with E-state index in [4.69, 9.17) is 44.3 Å². The minimum atomic E-state index is -2.72. The van der Waals surface area contributed by atoms with Gasteiger partial charge in [0.15, 0.2) is 0 Å². The summed E-state index contributed by atoms with van der Waals surface area (Å²) < 4.78 is 0. The fourth-order valence-electron chi connectivity index (χ4n) is 0. The molecule has 0 amide bonds. The van der Waals surface area contributed by atoms with Gasteiger partial charge in [-0.05, 0) is 0 Å². The standard InChI is InChI=1S/Cl4Si.4H2O/c1-5(2,3)4;;;;/h;4*1H2. The first-order chi connectivity index (χ1) is 2.00. The summed E-state index contributed by atoms with van der Waals surface area (Å²) in [4.78, 5) is 0. The van der Waals surface area contributed by atoms with Crippen molar-refractivity contribution >= 4 is 49.6 Å². The fourth-order valence-corrected chi connectivity index (χ4v) is 0. The van der Waals surface area contributed by atoms with Crippen LogP contribution in [0.2, 0.25) is 0 Å². The number of hydrogen-bond acceptors (Lipinski definition) is 0. The third kappa shape index (κ3) is 324. The highest BCUT2D eigenvalue weighted by Crippen LogP contribution is 2.23. The maximum atomic E-state index is 4.97. The molecule has 8 N–H and O–H groups in total. The Bertz CT molecular complexity index is 28.0. The summed E-state index contributed by atoms with van der Waals surface area (Å²) in [6, 6.07) is 0. The number of hydrogen-bond donors (Lipinski definition) is 0. The molecule has 9 heavy (non-hydrogen) atoms. The minimum Gasteiger partial charge on any atom is -0.412 e. The molecule has 0 saturated carbocycles. The van der Waals surface area contributed by atoms with E-state index in [1.54, 1.807) is 0 Å². The van der Waals surface area contributed by atoms with Crippen molar-refractivity contribution in [1.82, 2.24) is 0 Å². The molecule has 0 rings (SSSR count). The summed E-state index contributed by atoms with van der Waals surface area (Å²) in [7, 11) is 0. The van der Waals surface area contributed by atoms with Gasteiger partial charge in [0, 0.05) is 0 Å². The molecule has 0 bridgehead atoms. The molecule has 0 aliphatic heterocycles. The fraction of sp³-hybridized carbons (Fsp3) is 0. The normalized spacial score (nSPS) is 6.67. The van der Waals surface area contributed by atoms with E-state index in [2.05, 4.69) is 0 Å². The molecule has 64 valence electrons. The average molecular weight is 242 g/mol. The molecule has 0 aromatic carbocycles. The molecular weight excluding hydrogens is 234 g/mol. The van der Waals surface area contributed by atoms with Gasteiger partial charge in [-0.15, -0.1) is 44.3 Å². The summed E-state index contributed by atoms with van der Waals surface area (Å²) in [6.07, 6.45) is 0. The van der Waals surface area contributed by atoms with Crippen molar-refractivity contribution in [2.45, 2.75) is 0 Å². The molecule has 0 fully saturated rings. The van der Waals surface area contributed by atoms with Gasteiger partial charge in [0.25, 0.3) is 0 Å². The van der Waals surface area contributed by atoms with Gasteiger partial charge in [0.05, 0.1) is 0 Å². The molecule has 0 atom stereocenters. The Morgan fingerprint density at radius 1 is 0.556 bits per heavy atom. The van der Waals surface area contributed by atoms with E-state index in [0.29, 0.717) is 0 Å². The highest BCUT2D eigenvalue weighted by atomic mass is 36.0. The van der Waals surface area contributed by atoms with Crippen LogP contribution in [0.3, 0.4) is 0 Å². The van der Waals surface area contributed by atoms with E-state index < -0.39 is 5.31 Å². The van der Waals surface area contributed by atoms with Gasteiger partial charge < -0.3 is 21.9 Å². The van der Waals surface area contributed by atoms with Crippen LogP contribution in [0.1, 0.15) is 0 Å². The van der Waals surface area contributed by atoms with E-state index >= 15 is 0 Å². The lowest BCUT2D eigenvalue weighted by molar-refractivity contribution is 0.823. The molecule has 0 heterocycles. The first kappa shape index (κ1) is 31.9. The Morgan fingerprint density at radius 2 is 0.556 bits per heavy atom. The molecule has 0 aliphatic carbocycles. The maximum absolute atomic E-state index is 4.97. The van der Waals surface area contributed by atoms with Crippen molar-refractivity contribution in [3.63, 3.8) is 0 Å². The summed E-state index contributed by atoms with van der Waals surface area (Å²) in [5.74, 6) is 0. The van der Waals surface area contributed by atoms with Crippen molar-refractivity contribution in [3.05, 3.63) is 0 Å². The molecule has 0 aromatic rings. The van der Waals surface area contributed by atoms with Crippen LogP contribution >= 0.6 is 44.3 Å². The molecule has 0 saturated heterocycles. The number of rotatable bonds is 0. The molecular formula is H8Cl4O4Si. The van der Waals surface area contributed by atoms with Crippen LogP contribution in [0.4, 0.5) is 0 Å². The van der Waals surface area contributed by atoms with Crippen molar-refractivity contribution in [2.75, 3.05) is 0 Å². The zero-order valence-electron chi connectivity index (χ0n) is 4.01. The van der Waals surface area contributed by atoms with E-state index in [-0.39, 0.29) is 21.9 Å². The highest BCUT2D eigenvalue weighted by Gasteiger charge is 2.19. The minimum absolute atomic E-state index is 0. The zero-order chi connectivity index (χ0) is 4.50. The third-order valence-corrected chi connectivity index (χ3v) is 0. The predicted octanol–water partition coefficient (Wildman–Crippen LogP) is -0.922. The Morgan fingerprint density at radius 3 is 0.556 bits per heavy atom. The summed E-state index contributed by atoms with van der Waals surface area (Å²) in [5.41, 5.74) is 0. The largest absolute Gasteiger partial charge is 0.440 e. The lowest BCUT2D eigenvalue weighted by Crippen LogP contribution is -1.91. The van der Waals surface area contributed by atoms with Crippen LogP contribution in [0.5, 0.6) is 0 Å². The quantitative estimate of drug-likeness (QED) is 0.384. The Balaban J connectivity index is -0.0000000133. The summed E-state index contributed by atoms with van der Waals surface area (Å²) >= 11 is 19.9. The second-order valence-corrected chi connectivity index (χ2v) is 11.6. The summed E-state index contributed by atoms with van der Waals surface area (Å²) in [6.45, 7) is 0. The van der Waals surface area contributed by atoms with Gasteiger partial charge in [-0.2, -0.15) is 0 Å². The third-order valence-electron chi connectivity index (χ3n) is 0. The smallest absolute Gasteiger partial charge is 0.412 e. The lowest BCUT2D eigenvalue weighted by Gasteiger charge is -1.85. The first-order valence-corrected chi connectivity index (χ1v) is 6.80. The van der Waals surface area contributed by atoms with E-state index in [9.17, 15) is 0 Å². The van der Waals surface area contributed by atoms with E-state index in [1.807, 2.05) is 0 Å². The van der Waals surface area contributed by atoms with Gasteiger partial charge in [-0.3, -0.25) is 0 Å². The van der Waals surface area contributed by atoms with Gasteiger partial charge in [-0.1, -0.05) is 0 Å². The van der Waals surface area contributed by atoms with Crippen LogP contribution in [-0.4, -0.2) is 27.2 Å². The van der Waals surface area contributed by atoms with Crippen LogP contribution in [-0.2, 0) is 0 Å². The Labute approximate surface area is 71.7 Å². The van der Waals surface area contributed by atoms with Crippen molar-refractivity contribution < 1.29 is 21.9 Å². The highest BCUT2D eigenvalue weighted by molar-refractivity contribution is 7.81. The van der Waals surface area contributed by atoms with Crippen LogP contribution in [0.25, 0.3) is 0 Å². The monoisotopic (exact) mass is 240 g/mol. The van der Waals surface area contributed by atoms with E-state index in [0.717, 1.165) is 0 Å². The Hall–Kier alpha value is 1.22. The molecule has 4 nitrogen and oxygen atoms in total. The predicted molar refractivity (Wildman–Crippen MR) is 43.6 cm³/mol. The summed E-state index contributed by atoms with van der Waals surface area (Å²) in [5, 5.41) is -2.72. The second-order valence-electron chi connectivity index (χ2n) is 0.429. The zero-order valence-corrected chi connectivity index (χ0v) is 8.04. The molecule has 0 radical (unpaired) electrons. The van der Waals surface area contributed by atoms with Crippen LogP contribution in [0, 0.1) is 0 Å².